The van der Waals surface area contributed by atoms with Crippen molar-refractivity contribution in [1.29, 1.82) is 0 Å². The molecule has 37 heavy (non-hydrogen) atoms. The molecule has 1 fully saturated rings. The maximum absolute atomic E-state index is 14.1. The number of amides is 3. The zero-order valence-electron chi connectivity index (χ0n) is 20.1. The van der Waals surface area contributed by atoms with Crippen LogP contribution in [-0.2, 0) is 35.6 Å². The zero-order valence-corrected chi connectivity index (χ0v) is 21.7. The first kappa shape index (κ1) is 25.0. The van der Waals surface area contributed by atoms with Crippen LogP contribution in [0.15, 0.2) is 71.1 Å². The molecule has 0 aliphatic carbocycles. The minimum absolute atomic E-state index is 0.118. The van der Waals surface area contributed by atoms with Crippen LogP contribution in [0.4, 0.5) is 9.18 Å². The van der Waals surface area contributed by atoms with Gasteiger partial charge in [0.25, 0.3) is 11.1 Å². The SMILES string of the molecule is CCc1cccc2c(/C=C3\SC(=O)N(Cc4ccccc4F)C3=O)cn(CC(=O)NCc3cccs3)c12. The van der Waals surface area contributed by atoms with E-state index in [1.54, 1.807) is 35.6 Å². The first-order valence-corrected chi connectivity index (χ1v) is 13.5. The number of thiophene rings is 1. The number of thioether (sulfide) groups is 1. The Hall–Kier alpha value is -3.69. The van der Waals surface area contributed by atoms with E-state index in [0.29, 0.717) is 6.54 Å². The number of nitrogens with one attached hydrogen (secondary N) is 1. The van der Waals surface area contributed by atoms with Crippen molar-refractivity contribution in [2.24, 2.45) is 0 Å². The van der Waals surface area contributed by atoms with Crippen LogP contribution in [0.2, 0.25) is 0 Å². The lowest BCUT2D eigenvalue weighted by atomic mass is 10.1. The number of carbonyl (C=O) groups excluding carboxylic acids is 3. The van der Waals surface area contributed by atoms with Crippen molar-refractivity contribution in [3.8, 4) is 0 Å². The van der Waals surface area contributed by atoms with Crippen LogP contribution >= 0.6 is 23.1 Å². The lowest BCUT2D eigenvalue weighted by Gasteiger charge is -2.12. The van der Waals surface area contributed by atoms with Crippen LogP contribution in [0.1, 0.15) is 28.5 Å². The van der Waals surface area contributed by atoms with Crippen molar-refractivity contribution in [3.63, 3.8) is 0 Å². The number of aryl methyl sites for hydroxylation is 1. The molecule has 188 valence electrons. The molecule has 3 amide bonds. The van der Waals surface area contributed by atoms with Crippen molar-refractivity contribution < 1.29 is 18.8 Å². The molecule has 2 aromatic carbocycles. The first-order valence-electron chi connectivity index (χ1n) is 11.8. The molecule has 0 saturated carbocycles. The summed E-state index contributed by atoms with van der Waals surface area (Å²) < 4.78 is 16.0. The Balaban J connectivity index is 1.43. The highest BCUT2D eigenvalue weighted by atomic mass is 32.2. The Morgan fingerprint density at radius 1 is 1.05 bits per heavy atom. The maximum Gasteiger partial charge on any atom is 0.293 e. The van der Waals surface area contributed by atoms with Crippen molar-refractivity contribution in [2.75, 3.05) is 0 Å². The molecule has 1 N–H and O–H groups in total. The van der Waals surface area contributed by atoms with E-state index < -0.39 is 17.0 Å². The number of carbonyl (C=O) groups is 3. The average Bonchev–Trinajstić information content (AvgIpc) is 3.60. The minimum Gasteiger partial charge on any atom is -0.350 e. The molecule has 4 aromatic rings. The monoisotopic (exact) mass is 533 g/mol. The third-order valence-electron chi connectivity index (χ3n) is 6.19. The average molecular weight is 534 g/mol. The van der Waals surface area contributed by atoms with E-state index in [4.69, 9.17) is 0 Å². The van der Waals surface area contributed by atoms with Gasteiger partial charge in [0.1, 0.15) is 12.4 Å². The van der Waals surface area contributed by atoms with Gasteiger partial charge in [-0.25, -0.2) is 4.39 Å². The molecule has 3 heterocycles. The molecular formula is C28H24FN3O3S2. The van der Waals surface area contributed by atoms with Gasteiger partial charge < -0.3 is 9.88 Å². The van der Waals surface area contributed by atoms with E-state index in [1.807, 2.05) is 46.5 Å². The van der Waals surface area contributed by atoms with Gasteiger partial charge in [-0.05, 0) is 47.3 Å². The van der Waals surface area contributed by atoms with Gasteiger partial charge in [0.2, 0.25) is 5.91 Å². The summed E-state index contributed by atoms with van der Waals surface area (Å²) in [6.45, 7) is 2.53. The number of nitrogens with zero attached hydrogens (tertiary/aromatic N) is 2. The Morgan fingerprint density at radius 3 is 2.62 bits per heavy atom. The molecule has 0 spiro atoms. The molecule has 1 aliphatic rings. The standard InChI is InChI=1S/C28H24FN3O3S2/c1-2-18-8-5-10-22-20(15-31(26(18)22)17-25(33)30-14-21-9-6-12-36-21)13-24-27(34)32(28(35)37-24)16-19-7-3-4-11-23(19)29/h3-13,15H,2,14,16-17H2,1H3,(H,30,33)/b24-13-. The minimum atomic E-state index is -0.460. The quantitative estimate of drug-likeness (QED) is 0.284. The summed E-state index contributed by atoms with van der Waals surface area (Å²) >= 11 is 2.43. The van der Waals surface area contributed by atoms with Crippen LogP contribution < -0.4 is 5.32 Å². The highest BCUT2D eigenvalue weighted by Crippen LogP contribution is 2.36. The smallest absolute Gasteiger partial charge is 0.293 e. The lowest BCUT2D eigenvalue weighted by molar-refractivity contribution is -0.123. The van der Waals surface area contributed by atoms with Gasteiger partial charge >= 0.3 is 0 Å². The first-order chi connectivity index (χ1) is 17.9. The number of aromatic nitrogens is 1. The summed E-state index contributed by atoms with van der Waals surface area (Å²) in [5, 5.41) is 5.39. The third kappa shape index (κ3) is 5.23. The number of hydrogen-bond acceptors (Lipinski definition) is 5. The largest absolute Gasteiger partial charge is 0.350 e. The molecule has 0 atom stereocenters. The molecule has 1 aliphatic heterocycles. The second-order valence-electron chi connectivity index (χ2n) is 8.59. The van der Waals surface area contributed by atoms with Gasteiger partial charge in [-0.1, -0.05) is 49.4 Å². The van der Waals surface area contributed by atoms with E-state index in [2.05, 4.69) is 12.2 Å². The van der Waals surface area contributed by atoms with Gasteiger partial charge in [0, 0.05) is 27.6 Å². The van der Waals surface area contributed by atoms with Crippen LogP contribution in [0.3, 0.4) is 0 Å². The number of para-hydroxylation sites is 1. The predicted octanol–water partition coefficient (Wildman–Crippen LogP) is 5.96. The fourth-order valence-corrected chi connectivity index (χ4v) is 5.85. The van der Waals surface area contributed by atoms with Crippen LogP contribution in [0.5, 0.6) is 0 Å². The zero-order chi connectivity index (χ0) is 25.9. The number of imide groups is 1. The van der Waals surface area contributed by atoms with Crippen molar-refractivity contribution in [2.45, 2.75) is 33.0 Å². The Morgan fingerprint density at radius 2 is 1.86 bits per heavy atom. The Labute approximate surface area is 221 Å². The van der Waals surface area contributed by atoms with Crippen molar-refractivity contribution in [1.82, 2.24) is 14.8 Å². The molecule has 2 aromatic heterocycles. The normalized spacial score (nSPS) is 14.8. The number of hydrogen-bond donors (Lipinski definition) is 1. The summed E-state index contributed by atoms with van der Waals surface area (Å²) in [6, 6.07) is 15.9. The molecule has 0 radical (unpaired) electrons. The van der Waals surface area contributed by atoms with Gasteiger partial charge in [-0.3, -0.25) is 19.3 Å². The molecule has 1 saturated heterocycles. The summed E-state index contributed by atoms with van der Waals surface area (Å²) in [5.74, 6) is -1.04. The highest BCUT2D eigenvalue weighted by molar-refractivity contribution is 8.18. The van der Waals surface area contributed by atoms with Crippen LogP contribution in [-0.4, -0.2) is 26.5 Å². The molecule has 5 rings (SSSR count). The molecule has 6 nitrogen and oxygen atoms in total. The Kier molecular flexibility index (Phi) is 7.25. The lowest BCUT2D eigenvalue weighted by Crippen LogP contribution is -2.27. The summed E-state index contributed by atoms with van der Waals surface area (Å²) in [4.78, 5) is 40.9. The van der Waals surface area contributed by atoms with E-state index in [-0.39, 0.29) is 29.5 Å². The van der Waals surface area contributed by atoms with Crippen LogP contribution in [0.25, 0.3) is 17.0 Å². The van der Waals surface area contributed by atoms with E-state index >= 15 is 0 Å². The number of benzene rings is 2. The fraction of sp³-hybridized carbons (Fsp3) is 0.179. The van der Waals surface area contributed by atoms with Crippen molar-refractivity contribution in [3.05, 3.63) is 98.5 Å². The van der Waals surface area contributed by atoms with E-state index in [0.717, 1.165) is 50.0 Å². The van der Waals surface area contributed by atoms with Crippen molar-refractivity contribution >= 4 is 57.1 Å². The summed E-state index contributed by atoms with van der Waals surface area (Å²) in [7, 11) is 0. The molecule has 0 unspecified atom stereocenters. The van der Waals surface area contributed by atoms with E-state index in [1.165, 1.54) is 6.07 Å². The predicted molar refractivity (Wildman–Crippen MR) is 145 cm³/mol. The summed E-state index contributed by atoms with van der Waals surface area (Å²) in [6.07, 6.45) is 4.31. The summed E-state index contributed by atoms with van der Waals surface area (Å²) in [5.41, 5.74) is 3.03. The van der Waals surface area contributed by atoms with Crippen LogP contribution in [0, 0.1) is 5.82 Å². The molecule has 0 bridgehead atoms. The maximum atomic E-state index is 14.1. The Bertz CT molecular complexity index is 1520. The number of fused-ring (bicyclic) bond motifs is 1. The van der Waals surface area contributed by atoms with Gasteiger partial charge in [0.15, 0.2) is 0 Å². The second kappa shape index (κ2) is 10.7. The highest BCUT2D eigenvalue weighted by Gasteiger charge is 2.35. The molecule has 9 heteroatoms. The second-order valence-corrected chi connectivity index (χ2v) is 10.6. The number of halogens is 1. The third-order valence-corrected chi connectivity index (χ3v) is 7.98. The van der Waals surface area contributed by atoms with Gasteiger partial charge in [0.05, 0.1) is 23.5 Å². The van der Waals surface area contributed by atoms with E-state index in [9.17, 15) is 18.8 Å². The van der Waals surface area contributed by atoms with Gasteiger partial charge in [-0.2, -0.15) is 0 Å². The topological polar surface area (TPSA) is 71.4 Å². The molecular weight excluding hydrogens is 509 g/mol. The van der Waals surface area contributed by atoms with Gasteiger partial charge in [-0.15, -0.1) is 11.3 Å². The fourth-order valence-electron chi connectivity index (χ4n) is 4.37. The number of rotatable bonds is 8.